The molecular weight excluding hydrogens is 328 g/mol. The first-order valence-electron chi connectivity index (χ1n) is 9.13. The van der Waals surface area contributed by atoms with Gasteiger partial charge in [-0.2, -0.15) is 5.10 Å². The zero-order valence-electron chi connectivity index (χ0n) is 16.0. The number of urea groups is 1. The summed E-state index contributed by atoms with van der Waals surface area (Å²) in [5.74, 6) is 0.238. The Morgan fingerprint density at radius 2 is 2.12 bits per heavy atom. The second-order valence-electron chi connectivity index (χ2n) is 8.05. The zero-order chi connectivity index (χ0) is 18.9. The second-order valence-corrected chi connectivity index (χ2v) is 8.05. The monoisotopic (exact) mass is 356 g/mol. The van der Waals surface area contributed by atoms with Crippen LogP contribution in [-0.4, -0.2) is 20.9 Å². The van der Waals surface area contributed by atoms with E-state index < -0.39 is 0 Å². The Labute approximate surface area is 154 Å². The van der Waals surface area contributed by atoms with Crippen molar-refractivity contribution in [2.45, 2.75) is 58.0 Å². The fraction of sp³-hybridized carbons (Fsp3) is 0.500. The van der Waals surface area contributed by atoms with E-state index in [0.717, 1.165) is 36.2 Å². The number of nitrogens with zero attached hydrogens (tertiary/aromatic N) is 2. The van der Waals surface area contributed by atoms with Crippen molar-refractivity contribution in [2.75, 3.05) is 0 Å². The number of aromatic hydroxyl groups is 1. The predicted molar refractivity (Wildman–Crippen MR) is 101 cm³/mol. The van der Waals surface area contributed by atoms with Crippen LogP contribution in [0.5, 0.6) is 5.75 Å². The highest BCUT2D eigenvalue weighted by molar-refractivity contribution is 5.74. The summed E-state index contributed by atoms with van der Waals surface area (Å²) in [5, 5.41) is 20.2. The molecule has 6 nitrogen and oxygen atoms in total. The van der Waals surface area contributed by atoms with E-state index in [1.54, 1.807) is 12.1 Å². The lowest BCUT2D eigenvalue weighted by molar-refractivity contribution is 0.235. The van der Waals surface area contributed by atoms with Crippen LogP contribution in [0.4, 0.5) is 4.79 Å². The molecule has 2 amide bonds. The summed E-state index contributed by atoms with van der Waals surface area (Å²) in [6.45, 7) is 6.78. The van der Waals surface area contributed by atoms with Gasteiger partial charge >= 0.3 is 6.03 Å². The molecule has 1 aromatic heterocycles. The number of carbonyl (C=O) groups excluding carboxylic acids is 1. The van der Waals surface area contributed by atoms with Crippen LogP contribution < -0.4 is 10.6 Å². The van der Waals surface area contributed by atoms with Crippen LogP contribution in [0.1, 0.15) is 62.2 Å². The topological polar surface area (TPSA) is 79.2 Å². The summed E-state index contributed by atoms with van der Waals surface area (Å²) in [6.07, 6.45) is 2.89. The molecule has 0 spiro atoms. The number of rotatable bonds is 3. The minimum Gasteiger partial charge on any atom is -0.508 e. The number of benzene rings is 1. The van der Waals surface area contributed by atoms with E-state index in [1.807, 2.05) is 23.9 Å². The number of hydrogen-bond donors (Lipinski definition) is 3. The second kappa shape index (κ2) is 7.02. The Morgan fingerprint density at radius 1 is 1.35 bits per heavy atom. The summed E-state index contributed by atoms with van der Waals surface area (Å²) < 4.78 is 1.81. The molecule has 26 heavy (non-hydrogen) atoms. The summed E-state index contributed by atoms with van der Waals surface area (Å²) >= 11 is 0. The lowest BCUT2D eigenvalue weighted by atomic mass is 9.87. The molecule has 140 valence electrons. The van der Waals surface area contributed by atoms with E-state index in [4.69, 9.17) is 0 Å². The molecule has 1 atom stereocenters. The van der Waals surface area contributed by atoms with E-state index >= 15 is 0 Å². The minimum absolute atomic E-state index is 0.0217. The minimum atomic E-state index is -0.204. The van der Waals surface area contributed by atoms with Crippen molar-refractivity contribution in [1.82, 2.24) is 20.4 Å². The van der Waals surface area contributed by atoms with Gasteiger partial charge in [0.25, 0.3) is 0 Å². The van der Waals surface area contributed by atoms with Gasteiger partial charge in [0.05, 0.1) is 24.0 Å². The average molecular weight is 356 g/mol. The summed E-state index contributed by atoms with van der Waals surface area (Å²) in [4.78, 5) is 12.4. The van der Waals surface area contributed by atoms with Gasteiger partial charge in [0, 0.05) is 12.5 Å². The average Bonchev–Trinajstić information content (AvgIpc) is 2.95. The molecule has 0 bridgehead atoms. The molecule has 0 saturated heterocycles. The number of amides is 2. The molecule has 3 N–H and O–H groups in total. The Morgan fingerprint density at radius 3 is 2.81 bits per heavy atom. The Hall–Kier alpha value is -2.50. The van der Waals surface area contributed by atoms with Gasteiger partial charge in [0.2, 0.25) is 0 Å². The van der Waals surface area contributed by atoms with Gasteiger partial charge in [0.15, 0.2) is 0 Å². The Bertz CT molecular complexity index is 805. The SMILES string of the molecule is Cn1nc(C(C)(C)C)cc1CNC(=O)NC1CCCc2ccc(O)cc21. The van der Waals surface area contributed by atoms with Gasteiger partial charge in [-0.3, -0.25) is 4.68 Å². The van der Waals surface area contributed by atoms with Crippen LogP contribution in [0, 0.1) is 0 Å². The molecule has 1 aliphatic carbocycles. The van der Waals surface area contributed by atoms with Crippen LogP contribution in [0.15, 0.2) is 24.3 Å². The molecule has 0 saturated carbocycles. The van der Waals surface area contributed by atoms with Crippen LogP contribution in [0.3, 0.4) is 0 Å². The predicted octanol–water partition coefficient (Wildman–Crippen LogP) is 3.30. The number of aryl methyl sites for hydroxylation is 2. The van der Waals surface area contributed by atoms with Gasteiger partial charge in [-0.1, -0.05) is 26.8 Å². The summed E-state index contributed by atoms with van der Waals surface area (Å²) in [6, 6.07) is 7.17. The number of nitrogens with one attached hydrogen (secondary N) is 2. The number of phenols is 1. The maximum Gasteiger partial charge on any atom is 0.315 e. The fourth-order valence-electron chi connectivity index (χ4n) is 3.35. The number of aromatic nitrogens is 2. The quantitative estimate of drug-likeness (QED) is 0.789. The highest BCUT2D eigenvalue weighted by Crippen LogP contribution is 2.32. The first kappa shape index (κ1) is 18.3. The maximum atomic E-state index is 12.4. The van der Waals surface area contributed by atoms with Gasteiger partial charge < -0.3 is 15.7 Å². The van der Waals surface area contributed by atoms with Crippen molar-refractivity contribution < 1.29 is 9.90 Å². The van der Waals surface area contributed by atoms with E-state index in [2.05, 4.69) is 36.5 Å². The van der Waals surface area contributed by atoms with E-state index in [1.165, 1.54) is 5.56 Å². The fourth-order valence-corrected chi connectivity index (χ4v) is 3.35. The van der Waals surface area contributed by atoms with Gasteiger partial charge in [0.1, 0.15) is 5.75 Å². The Kier molecular flexibility index (Phi) is 4.94. The molecule has 1 aromatic carbocycles. The molecule has 0 radical (unpaired) electrons. The third-order valence-electron chi connectivity index (χ3n) is 4.92. The lowest BCUT2D eigenvalue weighted by Gasteiger charge is -2.26. The zero-order valence-corrected chi connectivity index (χ0v) is 16.0. The van der Waals surface area contributed by atoms with Gasteiger partial charge in [-0.15, -0.1) is 0 Å². The maximum absolute atomic E-state index is 12.4. The summed E-state index contributed by atoms with van der Waals surface area (Å²) in [5.41, 5.74) is 4.16. The largest absolute Gasteiger partial charge is 0.508 e. The smallest absolute Gasteiger partial charge is 0.315 e. The molecule has 1 aliphatic rings. The van der Waals surface area contributed by atoms with E-state index in [0.29, 0.717) is 6.54 Å². The van der Waals surface area contributed by atoms with Gasteiger partial charge in [-0.05, 0) is 48.6 Å². The van der Waals surface area contributed by atoms with E-state index in [-0.39, 0.29) is 23.2 Å². The number of hydrogen-bond acceptors (Lipinski definition) is 3. The van der Waals surface area contributed by atoms with Crippen LogP contribution >= 0.6 is 0 Å². The summed E-state index contributed by atoms with van der Waals surface area (Å²) in [7, 11) is 1.89. The van der Waals surface area contributed by atoms with Crippen molar-refractivity contribution in [3.63, 3.8) is 0 Å². The lowest BCUT2D eigenvalue weighted by Crippen LogP contribution is -2.39. The Balaban J connectivity index is 1.63. The standard InChI is InChI=1S/C20H28N4O2/c1-20(2,3)18-10-14(24(4)23-18)12-21-19(26)22-17-7-5-6-13-8-9-15(25)11-16(13)17/h8-11,17,25H,5-7,12H2,1-4H3,(H2,21,22,26). The molecule has 1 unspecified atom stereocenters. The number of fused-ring (bicyclic) bond motifs is 1. The molecule has 2 aromatic rings. The normalized spacial score (nSPS) is 16.8. The third kappa shape index (κ3) is 4.00. The highest BCUT2D eigenvalue weighted by Gasteiger charge is 2.23. The molecular formula is C20H28N4O2. The number of phenolic OH excluding ortho intramolecular Hbond substituents is 1. The van der Waals surface area contributed by atoms with E-state index in [9.17, 15) is 9.90 Å². The molecule has 1 heterocycles. The molecule has 0 fully saturated rings. The molecule has 3 rings (SSSR count). The van der Waals surface area contributed by atoms with Crippen molar-refractivity contribution in [1.29, 1.82) is 0 Å². The van der Waals surface area contributed by atoms with Crippen molar-refractivity contribution in [3.05, 3.63) is 46.8 Å². The highest BCUT2D eigenvalue weighted by atomic mass is 16.3. The first-order valence-corrected chi connectivity index (χ1v) is 9.13. The molecule has 0 aliphatic heterocycles. The van der Waals surface area contributed by atoms with Crippen molar-refractivity contribution in [3.8, 4) is 5.75 Å². The van der Waals surface area contributed by atoms with Crippen molar-refractivity contribution >= 4 is 6.03 Å². The number of carbonyl (C=O) groups is 1. The van der Waals surface area contributed by atoms with Gasteiger partial charge in [-0.25, -0.2) is 4.79 Å². The van der Waals surface area contributed by atoms with Crippen LogP contribution in [0.25, 0.3) is 0 Å². The third-order valence-corrected chi connectivity index (χ3v) is 4.92. The van der Waals surface area contributed by atoms with Crippen molar-refractivity contribution in [2.24, 2.45) is 7.05 Å². The van der Waals surface area contributed by atoms with Crippen LogP contribution in [0.2, 0.25) is 0 Å². The first-order chi connectivity index (χ1) is 12.2. The van der Waals surface area contributed by atoms with Crippen LogP contribution in [-0.2, 0) is 25.4 Å². The molecule has 6 heteroatoms.